The quantitative estimate of drug-likeness (QED) is 0.917. The maximum atomic E-state index is 11.6. The molecule has 2 aromatic rings. The molecule has 1 unspecified atom stereocenters. The third-order valence-electron chi connectivity index (χ3n) is 3.52. The van der Waals surface area contributed by atoms with Crippen LogP contribution in [0.25, 0.3) is 0 Å². The summed E-state index contributed by atoms with van der Waals surface area (Å²) in [4.78, 5) is 13.7. The van der Waals surface area contributed by atoms with Gasteiger partial charge in [0.1, 0.15) is 5.02 Å². The van der Waals surface area contributed by atoms with Crippen LogP contribution in [0.2, 0.25) is 5.02 Å². The molecule has 0 spiro atoms. The fourth-order valence-electron chi connectivity index (χ4n) is 2.65. The second kappa shape index (κ2) is 5.05. The number of rotatable bonds is 2. The maximum absolute atomic E-state index is 11.6. The van der Waals surface area contributed by atoms with E-state index in [9.17, 15) is 4.79 Å². The van der Waals surface area contributed by atoms with Crippen LogP contribution in [0.5, 0.6) is 0 Å². The first kappa shape index (κ1) is 12.2. The summed E-state index contributed by atoms with van der Waals surface area (Å²) in [6.07, 6.45) is 3.78. The lowest BCUT2D eigenvalue weighted by Gasteiger charge is -2.27. The first-order valence-electron chi connectivity index (χ1n) is 6.32. The molecule has 0 amide bonds. The van der Waals surface area contributed by atoms with Gasteiger partial charge in [-0.25, -0.2) is 5.10 Å². The Morgan fingerprint density at radius 2 is 2.11 bits per heavy atom. The van der Waals surface area contributed by atoms with Crippen LogP contribution in [0.3, 0.4) is 0 Å². The van der Waals surface area contributed by atoms with Crippen molar-refractivity contribution in [2.75, 3.05) is 11.4 Å². The summed E-state index contributed by atoms with van der Waals surface area (Å²) in [6, 6.07) is 10.6. The van der Waals surface area contributed by atoms with Crippen molar-refractivity contribution in [2.45, 2.75) is 18.9 Å². The van der Waals surface area contributed by atoms with Crippen LogP contribution in [-0.2, 0) is 0 Å². The molecule has 1 aromatic carbocycles. The number of anilines is 1. The van der Waals surface area contributed by atoms with E-state index in [1.165, 1.54) is 5.56 Å². The summed E-state index contributed by atoms with van der Waals surface area (Å²) in [5.41, 5.74) is 1.63. The smallest absolute Gasteiger partial charge is 0.285 e. The lowest BCUT2D eigenvalue weighted by Crippen LogP contribution is -2.25. The van der Waals surface area contributed by atoms with Gasteiger partial charge in [-0.1, -0.05) is 41.9 Å². The Morgan fingerprint density at radius 1 is 1.32 bits per heavy atom. The number of halogens is 1. The molecule has 1 aromatic heterocycles. The van der Waals surface area contributed by atoms with Crippen molar-refractivity contribution in [3.8, 4) is 0 Å². The molecule has 1 aliphatic rings. The highest BCUT2D eigenvalue weighted by Gasteiger charge is 2.28. The monoisotopic (exact) mass is 275 g/mol. The van der Waals surface area contributed by atoms with Gasteiger partial charge in [-0.3, -0.25) is 4.79 Å². The van der Waals surface area contributed by atoms with Crippen LogP contribution in [-0.4, -0.2) is 16.7 Å². The zero-order valence-corrected chi connectivity index (χ0v) is 11.1. The van der Waals surface area contributed by atoms with Gasteiger partial charge in [0.25, 0.3) is 5.56 Å². The Morgan fingerprint density at radius 3 is 2.89 bits per heavy atom. The van der Waals surface area contributed by atoms with E-state index >= 15 is 0 Å². The highest BCUT2D eigenvalue weighted by Crippen LogP contribution is 2.37. The zero-order valence-electron chi connectivity index (χ0n) is 10.3. The van der Waals surface area contributed by atoms with E-state index in [-0.39, 0.29) is 16.6 Å². The van der Waals surface area contributed by atoms with Gasteiger partial charge in [0, 0.05) is 6.54 Å². The molecular formula is C14H14ClN3O. The van der Waals surface area contributed by atoms with Crippen LogP contribution in [0.4, 0.5) is 5.69 Å². The summed E-state index contributed by atoms with van der Waals surface area (Å²) in [5.74, 6) is 0. The molecule has 0 saturated carbocycles. The van der Waals surface area contributed by atoms with Crippen molar-refractivity contribution in [1.29, 1.82) is 0 Å². The molecule has 1 saturated heterocycles. The van der Waals surface area contributed by atoms with Gasteiger partial charge < -0.3 is 4.90 Å². The van der Waals surface area contributed by atoms with Crippen molar-refractivity contribution in [2.24, 2.45) is 0 Å². The second-order valence-electron chi connectivity index (χ2n) is 4.66. The molecule has 19 heavy (non-hydrogen) atoms. The molecule has 4 nitrogen and oxygen atoms in total. The molecule has 1 fully saturated rings. The number of hydrogen-bond donors (Lipinski definition) is 1. The first-order valence-corrected chi connectivity index (χ1v) is 6.70. The number of nitrogens with zero attached hydrogens (tertiary/aromatic N) is 2. The molecule has 0 radical (unpaired) electrons. The predicted octanol–water partition coefficient (Wildman–Crippen LogP) is 2.76. The summed E-state index contributed by atoms with van der Waals surface area (Å²) in [7, 11) is 0. The molecule has 1 atom stereocenters. The van der Waals surface area contributed by atoms with E-state index in [1.807, 2.05) is 18.2 Å². The average molecular weight is 276 g/mol. The van der Waals surface area contributed by atoms with Gasteiger partial charge in [-0.2, -0.15) is 5.10 Å². The summed E-state index contributed by atoms with van der Waals surface area (Å²) in [6.45, 7) is 0.893. The number of H-pyrrole nitrogens is 1. The minimum absolute atomic E-state index is 0.220. The number of benzene rings is 1. The Kier molecular flexibility index (Phi) is 3.25. The lowest BCUT2D eigenvalue weighted by atomic mass is 10.0. The Labute approximate surface area is 116 Å². The van der Waals surface area contributed by atoms with Gasteiger partial charge in [-0.15, -0.1) is 0 Å². The lowest BCUT2D eigenvalue weighted by molar-refractivity contribution is 0.716. The molecule has 1 N–H and O–H groups in total. The highest BCUT2D eigenvalue weighted by atomic mass is 35.5. The van der Waals surface area contributed by atoms with Gasteiger partial charge in [0.05, 0.1) is 17.9 Å². The standard InChI is InChI=1S/C14H14ClN3O/c15-13-12(9-16-17-14(13)19)18-8-4-7-11(18)10-5-2-1-3-6-10/h1-3,5-6,9,11H,4,7-8H2,(H,17,19). The van der Waals surface area contributed by atoms with E-state index < -0.39 is 0 Å². The van der Waals surface area contributed by atoms with Gasteiger partial charge in [0.15, 0.2) is 0 Å². The Balaban J connectivity index is 2.00. The number of aromatic nitrogens is 2. The van der Waals surface area contributed by atoms with Crippen molar-refractivity contribution in [1.82, 2.24) is 10.2 Å². The van der Waals surface area contributed by atoms with Crippen LogP contribution in [0, 0.1) is 0 Å². The molecule has 98 valence electrons. The van der Waals surface area contributed by atoms with Crippen molar-refractivity contribution >= 4 is 17.3 Å². The zero-order chi connectivity index (χ0) is 13.2. The van der Waals surface area contributed by atoms with Crippen LogP contribution in [0.15, 0.2) is 41.3 Å². The molecular weight excluding hydrogens is 262 g/mol. The molecule has 1 aliphatic heterocycles. The Hall–Kier alpha value is -1.81. The molecule has 0 aliphatic carbocycles. The first-order chi connectivity index (χ1) is 9.27. The number of hydrogen-bond acceptors (Lipinski definition) is 3. The summed E-state index contributed by atoms with van der Waals surface area (Å²) < 4.78 is 0. The Bertz CT molecular complexity index is 626. The average Bonchev–Trinajstić information content (AvgIpc) is 2.92. The van der Waals surface area contributed by atoms with Crippen molar-refractivity contribution < 1.29 is 0 Å². The second-order valence-corrected chi connectivity index (χ2v) is 5.04. The summed E-state index contributed by atoms with van der Waals surface area (Å²) in [5, 5.41) is 6.43. The molecule has 0 bridgehead atoms. The van der Waals surface area contributed by atoms with E-state index in [2.05, 4.69) is 27.2 Å². The molecule has 2 heterocycles. The third kappa shape index (κ3) is 2.24. The fraction of sp³-hybridized carbons (Fsp3) is 0.286. The normalized spacial score (nSPS) is 18.8. The number of nitrogens with one attached hydrogen (secondary N) is 1. The molecule has 5 heteroatoms. The van der Waals surface area contributed by atoms with Gasteiger partial charge in [0.2, 0.25) is 0 Å². The van der Waals surface area contributed by atoms with E-state index in [0.29, 0.717) is 0 Å². The fourth-order valence-corrected chi connectivity index (χ4v) is 2.85. The highest BCUT2D eigenvalue weighted by molar-refractivity contribution is 6.33. The van der Waals surface area contributed by atoms with Crippen LogP contribution in [0.1, 0.15) is 24.4 Å². The van der Waals surface area contributed by atoms with Gasteiger partial charge in [-0.05, 0) is 18.4 Å². The predicted molar refractivity (Wildman–Crippen MR) is 75.6 cm³/mol. The van der Waals surface area contributed by atoms with E-state index in [4.69, 9.17) is 11.6 Å². The number of aromatic amines is 1. The minimum atomic E-state index is -0.335. The largest absolute Gasteiger partial charge is 0.362 e. The van der Waals surface area contributed by atoms with Crippen LogP contribution >= 0.6 is 11.6 Å². The SMILES string of the molecule is O=c1[nH]ncc(N2CCCC2c2ccccc2)c1Cl. The van der Waals surface area contributed by atoms with Gasteiger partial charge >= 0.3 is 0 Å². The topological polar surface area (TPSA) is 49.0 Å². The van der Waals surface area contributed by atoms with E-state index in [1.54, 1.807) is 6.20 Å². The van der Waals surface area contributed by atoms with E-state index in [0.717, 1.165) is 25.1 Å². The van der Waals surface area contributed by atoms with Crippen molar-refractivity contribution in [3.63, 3.8) is 0 Å². The van der Waals surface area contributed by atoms with Crippen molar-refractivity contribution in [3.05, 3.63) is 57.5 Å². The maximum Gasteiger partial charge on any atom is 0.285 e. The minimum Gasteiger partial charge on any atom is -0.362 e. The summed E-state index contributed by atoms with van der Waals surface area (Å²) >= 11 is 6.10. The molecule has 3 rings (SSSR count). The van der Waals surface area contributed by atoms with Crippen LogP contribution < -0.4 is 10.5 Å². The third-order valence-corrected chi connectivity index (χ3v) is 3.89.